The Bertz CT molecular complexity index is 1420. The van der Waals surface area contributed by atoms with E-state index in [0.29, 0.717) is 39.8 Å². The molecular formula is C27H21ClN4O2. The quantitative estimate of drug-likeness (QED) is 0.287. The molecule has 0 saturated carbocycles. The second kappa shape index (κ2) is 9.77. The van der Waals surface area contributed by atoms with Crippen LogP contribution in [0.5, 0.6) is 0 Å². The van der Waals surface area contributed by atoms with Gasteiger partial charge in [-0.1, -0.05) is 72.3 Å². The summed E-state index contributed by atoms with van der Waals surface area (Å²) in [6, 6.07) is 26.6. The molecule has 2 N–H and O–H groups in total. The number of carbonyl (C=O) groups excluding carboxylic acids is 1. The van der Waals surface area contributed by atoms with Crippen LogP contribution >= 0.6 is 11.6 Å². The van der Waals surface area contributed by atoms with Crippen molar-refractivity contribution >= 4 is 40.1 Å². The van der Waals surface area contributed by atoms with Gasteiger partial charge in [-0.25, -0.2) is 9.97 Å². The summed E-state index contributed by atoms with van der Waals surface area (Å²) >= 11 is 6.65. The predicted octanol–water partition coefficient (Wildman–Crippen LogP) is 6.45. The molecule has 7 heteroatoms. The van der Waals surface area contributed by atoms with Gasteiger partial charge in [0.05, 0.1) is 0 Å². The van der Waals surface area contributed by atoms with Gasteiger partial charge in [-0.3, -0.25) is 4.79 Å². The molecule has 2 aromatic heterocycles. The van der Waals surface area contributed by atoms with E-state index >= 15 is 0 Å². The van der Waals surface area contributed by atoms with Crippen molar-refractivity contribution in [1.29, 1.82) is 0 Å². The van der Waals surface area contributed by atoms with Gasteiger partial charge in [0.2, 0.25) is 5.71 Å². The van der Waals surface area contributed by atoms with Gasteiger partial charge in [-0.05, 0) is 36.2 Å². The van der Waals surface area contributed by atoms with Gasteiger partial charge in [0.15, 0.2) is 5.76 Å². The summed E-state index contributed by atoms with van der Waals surface area (Å²) in [5.41, 5.74) is 3.83. The highest BCUT2D eigenvalue weighted by Crippen LogP contribution is 2.39. The number of nitrogens with one attached hydrogen (secondary N) is 2. The number of halogens is 1. The number of hydrogen-bond donors (Lipinski definition) is 2. The van der Waals surface area contributed by atoms with Gasteiger partial charge in [0.1, 0.15) is 22.6 Å². The fraction of sp³-hybridized carbons (Fsp3) is 0.0741. The number of furan rings is 1. The average Bonchev–Trinajstić information content (AvgIpc) is 3.23. The van der Waals surface area contributed by atoms with E-state index in [2.05, 4.69) is 20.6 Å². The summed E-state index contributed by atoms with van der Waals surface area (Å²) in [7, 11) is 0. The lowest BCUT2D eigenvalue weighted by Crippen LogP contribution is -2.11. The highest BCUT2D eigenvalue weighted by molar-refractivity contribution is 6.38. The van der Waals surface area contributed by atoms with Crippen LogP contribution in [0, 0.1) is 0 Å². The Kier molecular flexibility index (Phi) is 6.23. The summed E-state index contributed by atoms with van der Waals surface area (Å²) in [5, 5.41) is 7.41. The molecule has 5 rings (SSSR count). The molecule has 0 spiro atoms. The number of benzene rings is 3. The molecule has 2 heterocycles. The third kappa shape index (κ3) is 4.63. The van der Waals surface area contributed by atoms with Crippen molar-refractivity contribution in [1.82, 2.24) is 9.97 Å². The summed E-state index contributed by atoms with van der Waals surface area (Å²) in [6.07, 6.45) is 2.23. The third-order valence-electron chi connectivity index (χ3n) is 5.42. The maximum absolute atomic E-state index is 12.3. The Labute approximate surface area is 201 Å². The molecular weight excluding hydrogens is 448 g/mol. The van der Waals surface area contributed by atoms with E-state index in [1.807, 2.05) is 72.8 Å². The molecule has 34 heavy (non-hydrogen) atoms. The van der Waals surface area contributed by atoms with E-state index in [-0.39, 0.29) is 5.91 Å². The standard InChI is InChI=1S/C27H21ClN4O2/c28-23-22-25(30-17-31-27(22)34-24(23)19-7-3-1-4-8-19)29-16-15-18-11-13-21(14-12-18)32-26(33)20-9-5-2-6-10-20/h1-14,17H,15-16H2,(H,32,33)(H,29,30,31). The van der Waals surface area contributed by atoms with Gasteiger partial charge in [0, 0.05) is 23.4 Å². The van der Waals surface area contributed by atoms with Crippen molar-refractivity contribution in [3.05, 3.63) is 107 Å². The lowest BCUT2D eigenvalue weighted by Gasteiger charge is -2.08. The zero-order valence-corrected chi connectivity index (χ0v) is 18.9. The van der Waals surface area contributed by atoms with E-state index in [1.165, 1.54) is 6.33 Å². The Morgan fingerprint density at radius 2 is 1.59 bits per heavy atom. The summed E-state index contributed by atoms with van der Waals surface area (Å²) in [4.78, 5) is 20.9. The number of rotatable bonds is 7. The van der Waals surface area contributed by atoms with Gasteiger partial charge in [-0.2, -0.15) is 0 Å². The molecule has 5 aromatic rings. The maximum Gasteiger partial charge on any atom is 0.255 e. The number of anilines is 2. The van der Waals surface area contributed by atoms with Crippen molar-refractivity contribution < 1.29 is 9.21 Å². The van der Waals surface area contributed by atoms with Crippen LogP contribution in [0.4, 0.5) is 11.5 Å². The fourth-order valence-corrected chi connectivity index (χ4v) is 4.00. The normalized spacial score (nSPS) is 10.9. The van der Waals surface area contributed by atoms with Crippen LogP contribution in [-0.2, 0) is 6.42 Å². The molecule has 0 atom stereocenters. The smallest absolute Gasteiger partial charge is 0.255 e. The average molecular weight is 469 g/mol. The molecule has 0 aliphatic rings. The van der Waals surface area contributed by atoms with Gasteiger partial charge in [0.25, 0.3) is 5.91 Å². The first-order valence-electron chi connectivity index (χ1n) is 10.9. The molecule has 0 radical (unpaired) electrons. The molecule has 1 amide bonds. The maximum atomic E-state index is 12.3. The van der Waals surface area contributed by atoms with Crippen LogP contribution in [0.25, 0.3) is 22.4 Å². The molecule has 0 aliphatic carbocycles. The van der Waals surface area contributed by atoms with Gasteiger partial charge >= 0.3 is 0 Å². The molecule has 3 aromatic carbocycles. The van der Waals surface area contributed by atoms with Gasteiger partial charge < -0.3 is 15.1 Å². The van der Waals surface area contributed by atoms with E-state index in [9.17, 15) is 4.79 Å². The van der Waals surface area contributed by atoms with Gasteiger partial charge in [-0.15, -0.1) is 0 Å². The van der Waals surface area contributed by atoms with Crippen LogP contribution in [0.2, 0.25) is 5.02 Å². The SMILES string of the molecule is O=C(Nc1ccc(CCNc2ncnc3oc(-c4ccccc4)c(Cl)c23)cc1)c1ccccc1. The monoisotopic (exact) mass is 468 g/mol. The molecule has 0 unspecified atom stereocenters. The summed E-state index contributed by atoms with van der Waals surface area (Å²) in [6.45, 7) is 0.643. The minimum Gasteiger partial charge on any atom is -0.436 e. The highest BCUT2D eigenvalue weighted by Gasteiger charge is 2.19. The largest absolute Gasteiger partial charge is 0.436 e. The van der Waals surface area contributed by atoms with E-state index in [1.54, 1.807) is 12.1 Å². The minimum absolute atomic E-state index is 0.130. The van der Waals surface area contributed by atoms with Crippen molar-refractivity contribution in [3.63, 3.8) is 0 Å². The zero-order chi connectivity index (χ0) is 23.3. The minimum atomic E-state index is -0.130. The molecule has 0 bridgehead atoms. The van der Waals surface area contributed by atoms with E-state index in [0.717, 1.165) is 23.2 Å². The molecule has 0 saturated heterocycles. The Hall–Kier alpha value is -4.16. The van der Waals surface area contributed by atoms with Crippen molar-refractivity contribution in [2.75, 3.05) is 17.2 Å². The third-order valence-corrected chi connectivity index (χ3v) is 5.78. The van der Waals surface area contributed by atoms with Crippen molar-refractivity contribution in [2.45, 2.75) is 6.42 Å². The number of hydrogen-bond acceptors (Lipinski definition) is 5. The second-order valence-corrected chi connectivity index (χ2v) is 8.09. The van der Waals surface area contributed by atoms with E-state index < -0.39 is 0 Å². The van der Waals surface area contributed by atoms with Crippen molar-refractivity contribution in [2.24, 2.45) is 0 Å². The molecule has 6 nitrogen and oxygen atoms in total. The van der Waals surface area contributed by atoms with Crippen LogP contribution in [-0.4, -0.2) is 22.4 Å². The predicted molar refractivity (Wildman–Crippen MR) is 135 cm³/mol. The number of fused-ring (bicyclic) bond motifs is 1. The summed E-state index contributed by atoms with van der Waals surface area (Å²) in [5.74, 6) is 1.08. The highest BCUT2D eigenvalue weighted by atomic mass is 35.5. The summed E-state index contributed by atoms with van der Waals surface area (Å²) < 4.78 is 5.91. The van der Waals surface area contributed by atoms with Crippen LogP contribution < -0.4 is 10.6 Å². The topological polar surface area (TPSA) is 80.0 Å². The first kappa shape index (κ1) is 21.7. The molecule has 168 valence electrons. The fourth-order valence-electron chi connectivity index (χ4n) is 3.68. The molecule has 0 aliphatic heterocycles. The van der Waals surface area contributed by atoms with Crippen LogP contribution in [0.15, 0.2) is 95.7 Å². The Morgan fingerprint density at radius 1 is 0.882 bits per heavy atom. The number of aromatic nitrogens is 2. The number of carbonyl (C=O) groups is 1. The lowest BCUT2D eigenvalue weighted by molar-refractivity contribution is 0.102. The zero-order valence-electron chi connectivity index (χ0n) is 18.2. The lowest BCUT2D eigenvalue weighted by atomic mass is 10.1. The first-order chi connectivity index (χ1) is 16.7. The number of amides is 1. The molecule has 0 fully saturated rings. The van der Waals surface area contributed by atoms with Crippen LogP contribution in [0.3, 0.4) is 0 Å². The van der Waals surface area contributed by atoms with E-state index in [4.69, 9.17) is 16.0 Å². The first-order valence-corrected chi connectivity index (χ1v) is 11.2. The van der Waals surface area contributed by atoms with Crippen molar-refractivity contribution in [3.8, 4) is 11.3 Å². The Morgan fingerprint density at radius 3 is 2.32 bits per heavy atom. The Balaban J connectivity index is 1.24. The number of nitrogens with zero attached hydrogens (tertiary/aromatic N) is 2. The second-order valence-electron chi connectivity index (χ2n) is 7.71. The van der Waals surface area contributed by atoms with Crippen LogP contribution in [0.1, 0.15) is 15.9 Å².